The predicted octanol–water partition coefficient (Wildman–Crippen LogP) is 3.63. The zero-order valence-corrected chi connectivity index (χ0v) is 17.2. The average Bonchev–Trinajstić information content (AvgIpc) is 3.04. The lowest BCUT2D eigenvalue weighted by atomic mass is 10.1. The predicted molar refractivity (Wildman–Crippen MR) is 118 cm³/mol. The quantitative estimate of drug-likeness (QED) is 0.622. The molecule has 0 amide bonds. The molecule has 0 radical (unpaired) electrons. The van der Waals surface area contributed by atoms with E-state index in [0.717, 1.165) is 61.8 Å². The van der Waals surface area contributed by atoms with Crippen molar-refractivity contribution in [2.75, 3.05) is 37.6 Å². The van der Waals surface area contributed by atoms with Crippen LogP contribution in [0.4, 0.5) is 5.13 Å². The number of hydrogen-bond donors (Lipinski definition) is 2. The van der Waals surface area contributed by atoms with Crippen molar-refractivity contribution in [2.24, 2.45) is 0 Å². The van der Waals surface area contributed by atoms with Gasteiger partial charge in [0.05, 0.1) is 16.3 Å². The first-order valence-electron chi connectivity index (χ1n) is 9.85. The first kappa shape index (κ1) is 21.2. The Labute approximate surface area is 175 Å². The van der Waals surface area contributed by atoms with Crippen molar-refractivity contribution in [1.29, 1.82) is 0 Å². The largest absolute Gasteiger partial charge is 0.483 e. The topological polar surface area (TPSA) is 76.9 Å². The van der Waals surface area contributed by atoms with Gasteiger partial charge in [-0.15, -0.1) is 0 Å². The monoisotopic (exact) mass is 413 g/mol. The molecule has 0 aliphatic carbocycles. The fourth-order valence-corrected chi connectivity index (χ4v) is 4.55. The van der Waals surface area contributed by atoms with Crippen LogP contribution in [0.25, 0.3) is 10.2 Å². The van der Waals surface area contributed by atoms with Crippen LogP contribution < -0.4 is 4.90 Å². The number of aliphatic hydroxyl groups is 1. The molecule has 0 spiro atoms. The molecule has 1 aliphatic rings. The van der Waals surface area contributed by atoms with Gasteiger partial charge in [-0.1, -0.05) is 53.8 Å². The van der Waals surface area contributed by atoms with E-state index in [1.165, 1.54) is 4.70 Å². The van der Waals surface area contributed by atoms with Crippen LogP contribution >= 0.6 is 11.3 Å². The van der Waals surface area contributed by atoms with E-state index in [9.17, 15) is 5.11 Å². The van der Waals surface area contributed by atoms with Crippen molar-refractivity contribution >= 4 is 33.2 Å². The van der Waals surface area contributed by atoms with Gasteiger partial charge in [-0.05, 0) is 37.1 Å². The fraction of sp³-hybridized carbons (Fsp3) is 0.364. The minimum Gasteiger partial charge on any atom is -0.483 e. The molecule has 4 rings (SSSR count). The molecule has 2 aromatic carbocycles. The van der Waals surface area contributed by atoms with E-state index in [-0.39, 0.29) is 12.6 Å². The first-order chi connectivity index (χ1) is 14.2. The number of fused-ring (bicyclic) bond motifs is 1. The lowest BCUT2D eigenvalue weighted by Crippen LogP contribution is -2.31. The Kier molecular flexibility index (Phi) is 7.98. The van der Waals surface area contributed by atoms with Crippen LogP contribution in [-0.4, -0.2) is 59.3 Å². The number of rotatable bonds is 5. The molecular formula is C22H27N3O3S. The van der Waals surface area contributed by atoms with E-state index in [4.69, 9.17) is 14.9 Å². The molecule has 29 heavy (non-hydrogen) atoms. The highest BCUT2D eigenvalue weighted by atomic mass is 32.1. The number of nitrogens with zero attached hydrogens (tertiary/aromatic N) is 3. The summed E-state index contributed by atoms with van der Waals surface area (Å²) in [6, 6.07) is 18.3. The van der Waals surface area contributed by atoms with Gasteiger partial charge in [-0.25, -0.2) is 4.98 Å². The molecule has 3 aromatic rings. The van der Waals surface area contributed by atoms with Gasteiger partial charge in [-0.3, -0.25) is 4.79 Å². The molecule has 7 heteroatoms. The van der Waals surface area contributed by atoms with Crippen LogP contribution in [0.5, 0.6) is 0 Å². The molecule has 1 aromatic heterocycles. The van der Waals surface area contributed by atoms with E-state index >= 15 is 0 Å². The van der Waals surface area contributed by atoms with Crippen LogP contribution in [0.3, 0.4) is 0 Å². The molecular weight excluding hydrogens is 386 g/mol. The second kappa shape index (κ2) is 10.9. The minimum absolute atomic E-state index is 0.250. The Bertz CT molecular complexity index is 854. The third-order valence-electron chi connectivity index (χ3n) is 5.04. The van der Waals surface area contributed by atoms with Gasteiger partial charge in [0, 0.05) is 26.2 Å². The number of aliphatic hydroxyl groups excluding tert-OH is 1. The third kappa shape index (κ3) is 6.00. The molecule has 0 unspecified atom stereocenters. The fourth-order valence-electron chi connectivity index (χ4n) is 3.53. The Morgan fingerprint density at radius 2 is 1.76 bits per heavy atom. The van der Waals surface area contributed by atoms with Crippen molar-refractivity contribution in [1.82, 2.24) is 9.88 Å². The molecule has 1 fully saturated rings. The van der Waals surface area contributed by atoms with Crippen LogP contribution in [0.2, 0.25) is 0 Å². The van der Waals surface area contributed by atoms with Crippen molar-refractivity contribution in [2.45, 2.75) is 18.9 Å². The second-order valence-corrected chi connectivity index (χ2v) is 7.98. The Morgan fingerprint density at radius 3 is 2.52 bits per heavy atom. The van der Waals surface area contributed by atoms with Crippen molar-refractivity contribution in [3.05, 3.63) is 60.2 Å². The summed E-state index contributed by atoms with van der Waals surface area (Å²) >= 11 is 1.79. The first-order valence-corrected chi connectivity index (χ1v) is 10.7. The van der Waals surface area contributed by atoms with Crippen LogP contribution in [0.1, 0.15) is 24.5 Å². The van der Waals surface area contributed by atoms with Crippen molar-refractivity contribution in [3.8, 4) is 0 Å². The number of carbonyl (C=O) groups is 1. The van der Waals surface area contributed by atoms with E-state index in [2.05, 4.69) is 28.0 Å². The molecule has 0 saturated carbocycles. The molecule has 1 atom stereocenters. The molecule has 6 nitrogen and oxygen atoms in total. The molecule has 2 N–H and O–H groups in total. The van der Waals surface area contributed by atoms with Gasteiger partial charge in [0.25, 0.3) is 6.47 Å². The summed E-state index contributed by atoms with van der Waals surface area (Å²) in [4.78, 5) is 18.1. The lowest BCUT2D eigenvalue weighted by Gasteiger charge is -2.22. The van der Waals surface area contributed by atoms with Crippen molar-refractivity contribution in [3.63, 3.8) is 0 Å². The average molecular weight is 414 g/mol. The highest BCUT2D eigenvalue weighted by Gasteiger charge is 2.18. The summed E-state index contributed by atoms with van der Waals surface area (Å²) in [5, 5.41) is 18.4. The standard InChI is InChI=1S/C21H25N3OS.CH2O2/c25-19(17-7-2-1-3-8-17)11-14-23-12-6-13-24(16-15-23)21-22-18-9-4-5-10-20(18)26-21;2-1-3/h1-5,7-10,19,25H,6,11-16H2;1H,(H,2,3)/t19-;/m0./s1. The summed E-state index contributed by atoms with van der Waals surface area (Å²) < 4.78 is 1.26. The molecule has 2 heterocycles. The number of benzene rings is 2. The normalized spacial score (nSPS) is 16.0. The molecule has 0 bridgehead atoms. The molecule has 1 saturated heterocycles. The van der Waals surface area contributed by atoms with E-state index in [0.29, 0.717) is 0 Å². The summed E-state index contributed by atoms with van der Waals surface area (Å²) in [6.45, 7) is 4.85. The maximum absolute atomic E-state index is 10.4. The van der Waals surface area contributed by atoms with Gasteiger partial charge in [0.2, 0.25) is 0 Å². The van der Waals surface area contributed by atoms with E-state index in [1.807, 2.05) is 36.4 Å². The summed E-state index contributed by atoms with van der Waals surface area (Å²) in [5.41, 5.74) is 2.11. The molecule has 154 valence electrons. The smallest absolute Gasteiger partial charge is 0.290 e. The number of para-hydroxylation sites is 1. The van der Waals surface area contributed by atoms with Gasteiger partial charge >= 0.3 is 0 Å². The van der Waals surface area contributed by atoms with Gasteiger partial charge < -0.3 is 20.0 Å². The Hall–Kier alpha value is -2.48. The Balaban J connectivity index is 0.000000755. The van der Waals surface area contributed by atoms with Gasteiger partial charge in [-0.2, -0.15) is 0 Å². The number of carboxylic acid groups (broad SMARTS) is 1. The minimum atomic E-state index is -0.375. The van der Waals surface area contributed by atoms with Crippen LogP contribution in [0.15, 0.2) is 54.6 Å². The van der Waals surface area contributed by atoms with Crippen LogP contribution in [0, 0.1) is 0 Å². The lowest BCUT2D eigenvalue weighted by molar-refractivity contribution is -0.122. The zero-order chi connectivity index (χ0) is 20.5. The van der Waals surface area contributed by atoms with Gasteiger partial charge in [0.1, 0.15) is 0 Å². The van der Waals surface area contributed by atoms with E-state index in [1.54, 1.807) is 11.3 Å². The molecule has 1 aliphatic heterocycles. The maximum atomic E-state index is 10.4. The highest BCUT2D eigenvalue weighted by molar-refractivity contribution is 7.22. The van der Waals surface area contributed by atoms with Gasteiger partial charge in [0.15, 0.2) is 5.13 Å². The Morgan fingerprint density at radius 1 is 1.03 bits per heavy atom. The highest BCUT2D eigenvalue weighted by Crippen LogP contribution is 2.29. The number of anilines is 1. The summed E-state index contributed by atoms with van der Waals surface area (Å²) in [5.74, 6) is 0. The number of aromatic nitrogens is 1. The van der Waals surface area contributed by atoms with E-state index < -0.39 is 0 Å². The third-order valence-corrected chi connectivity index (χ3v) is 6.14. The van der Waals surface area contributed by atoms with Crippen molar-refractivity contribution < 1.29 is 15.0 Å². The number of thiazole rings is 1. The number of hydrogen-bond acceptors (Lipinski definition) is 6. The summed E-state index contributed by atoms with van der Waals surface area (Å²) in [7, 11) is 0. The zero-order valence-electron chi connectivity index (χ0n) is 16.4. The van der Waals surface area contributed by atoms with Crippen LogP contribution in [-0.2, 0) is 4.79 Å². The SMILES string of the molecule is O=CO.O[C@@H](CCN1CCCN(c2nc3ccccc3s2)CC1)c1ccccc1. The summed E-state index contributed by atoms with van der Waals surface area (Å²) in [6.07, 6.45) is 1.54. The maximum Gasteiger partial charge on any atom is 0.290 e. The second-order valence-electron chi connectivity index (χ2n) is 6.97.